The Labute approximate surface area is 97.9 Å². The van der Waals surface area contributed by atoms with E-state index in [9.17, 15) is 4.79 Å². The number of hydrogen-bond donors (Lipinski definition) is 2. The summed E-state index contributed by atoms with van der Waals surface area (Å²) in [6.07, 6.45) is 7.69. The van der Waals surface area contributed by atoms with Gasteiger partial charge in [-0.1, -0.05) is 25.7 Å². The second-order valence-corrected chi connectivity index (χ2v) is 5.28. The number of carbonyl (C=O) groups is 1. The molecule has 4 nitrogen and oxygen atoms in total. The molecule has 1 aliphatic rings. The third-order valence-corrected chi connectivity index (χ3v) is 3.23. The summed E-state index contributed by atoms with van der Waals surface area (Å²) in [5.74, 6) is 4.97. The van der Waals surface area contributed by atoms with Crippen LogP contribution in [-0.2, 0) is 9.53 Å². The van der Waals surface area contributed by atoms with E-state index in [1.807, 2.05) is 13.8 Å². The molecule has 4 heteroatoms. The average Bonchev–Trinajstić information content (AvgIpc) is 2.53. The molecule has 0 aromatic rings. The van der Waals surface area contributed by atoms with Crippen molar-refractivity contribution in [1.82, 2.24) is 5.43 Å². The summed E-state index contributed by atoms with van der Waals surface area (Å²) in [5, 5.41) is 0. The summed E-state index contributed by atoms with van der Waals surface area (Å²) in [4.78, 5) is 11.5. The first-order valence-corrected chi connectivity index (χ1v) is 6.19. The van der Waals surface area contributed by atoms with Crippen molar-refractivity contribution in [2.75, 3.05) is 6.61 Å². The maximum atomic E-state index is 11.5. The summed E-state index contributed by atoms with van der Waals surface area (Å²) in [7, 11) is 0. The Bertz CT molecular complexity index is 221. The summed E-state index contributed by atoms with van der Waals surface area (Å²) in [6, 6.07) is 0. The number of hydrogen-bond acceptors (Lipinski definition) is 3. The van der Waals surface area contributed by atoms with Crippen molar-refractivity contribution in [3.05, 3.63) is 0 Å². The normalized spacial score (nSPS) is 19.2. The molecule has 0 radical (unpaired) electrons. The molecular weight excluding hydrogens is 204 g/mol. The van der Waals surface area contributed by atoms with Gasteiger partial charge in [0.2, 0.25) is 5.91 Å². The highest BCUT2D eigenvalue weighted by Crippen LogP contribution is 2.23. The zero-order chi connectivity index (χ0) is 12.0. The molecule has 0 bridgehead atoms. The second kappa shape index (κ2) is 6.21. The fourth-order valence-electron chi connectivity index (χ4n) is 2.00. The molecule has 1 amide bonds. The molecular formula is C12H24N2O2. The molecule has 1 saturated carbocycles. The molecule has 0 heterocycles. The molecule has 94 valence electrons. The van der Waals surface area contributed by atoms with Crippen LogP contribution in [0.25, 0.3) is 0 Å². The lowest BCUT2D eigenvalue weighted by Gasteiger charge is -2.25. The van der Waals surface area contributed by atoms with E-state index in [-0.39, 0.29) is 5.91 Å². The van der Waals surface area contributed by atoms with Gasteiger partial charge in [-0.15, -0.1) is 0 Å². The first kappa shape index (κ1) is 13.5. The SMILES string of the molecule is CC(C)(COC1CCCCCC1)C(=O)NN. The molecule has 0 saturated heterocycles. The zero-order valence-corrected chi connectivity index (χ0v) is 10.4. The van der Waals surface area contributed by atoms with Crippen LogP contribution >= 0.6 is 0 Å². The van der Waals surface area contributed by atoms with Crippen LogP contribution < -0.4 is 11.3 Å². The first-order valence-electron chi connectivity index (χ1n) is 6.19. The van der Waals surface area contributed by atoms with Gasteiger partial charge >= 0.3 is 0 Å². The summed E-state index contributed by atoms with van der Waals surface area (Å²) in [6.45, 7) is 4.15. The minimum absolute atomic E-state index is 0.166. The van der Waals surface area contributed by atoms with E-state index in [1.165, 1.54) is 25.7 Å². The lowest BCUT2D eigenvalue weighted by molar-refractivity contribution is -0.134. The molecule has 0 aromatic carbocycles. The van der Waals surface area contributed by atoms with Crippen molar-refractivity contribution >= 4 is 5.91 Å². The number of rotatable bonds is 4. The third-order valence-electron chi connectivity index (χ3n) is 3.23. The highest BCUT2D eigenvalue weighted by atomic mass is 16.5. The van der Waals surface area contributed by atoms with Crippen molar-refractivity contribution < 1.29 is 9.53 Å². The minimum atomic E-state index is -0.541. The van der Waals surface area contributed by atoms with Gasteiger partial charge in [0.15, 0.2) is 0 Å². The van der Waals surface area contributed by atoms with Gasteiger partial charge in [-0.2, -0.15) is 0 Å². The Morgan fingerprint density at radius 2 is 1.88 bits per heavy atom. The fourth-order valence-corrected chi connectivity index (χ4v) is 2.00. The van der Waals surface area contributed by atoms with Gasteiger partial charge in [0.1, 0.15) is 0 Å². The summed E-state index contributed by atoms with van der Waals surface area (Å²) >= 11 is 0. The standard InChI is InChI=1S/C12H24N2O2/c1-12(2,11(15)14-13)9-16-10-7-5-3-4-6-8-10/h10H,3-9,13H2,1-2H3,(H,14,15). The zero-order valence-electron chi connectivity index (χ0n) is 10.4. The lowest BCUT2D eigenvalue weighted by Crippen LogP contribution is -2.44. The van der Waals surface area contributed by atoms with Gasteiger partial charge in [0, 0.05) is 0 Å². The van der Waals surface area contributed by atoms with Crippen molar-refractivity contribution in [2.24, 2.45) is 11.3 Å². The second-order valence-electron chi connectivity index (χ2n) is 5.28. The lowest BCUT2D eigenvalue weighted by atomic mass is 9.94. The van der Waals surface area contributed by atoms with Crippen LogP contribution in [-0.4, -0.2) is 18.6 Å². The van der Waals surface area contributed by atoms with Gasteiger partial charge < -0.3 is 4.74 Å². The van der Waals surface area contributed by atoms with Crippen LogP contribution in [0.4, 0.5) is 0 Å². The molecule has 0 spiro atoms. The quantitative estimate of drug-likeness (QED) is 0.333. The molecule has 0 unspecified atom stereocenters. The molecule has 0 aromatic heterocycles. The molecule has 3 N–H and O–H groups in total. The smallest absolute Gasteiger partial charge is 0.241 e. The largest absolute Gasteiger partial charge is 0.377 e. The molecule has 1 fully saturated rings. The topological polar surface area (TPSA) is 64.3 Å². The average molecular weight is 228 g/mol. The molecule has 16 heavy (non-hydrogen) atoms. The van der Waals surface area contributed by atoms with Crippen LogP contribution in [0.3, 0.4) is 0 Å². The van der Waals surface area contributed by atoms with Crippen molar-refractivity contribution in [3.63, 3.8) is 0 Å². The number of nitrogens with two attached hydrogens (primary N) is 1. The Morgan fingerprint density at radius 1 is 1.31 bits per heavy atom. The number of carbonyl (C=O) groups excluding carboxylic acids is 1. The van der Waals surface area contributed by atoms with E-state index >= 15 is 0 Å². The van der Waals surface area contributed by atoms with E-state index in [4.69, 9.17) is 10.6 Å². The van der Waals surface area contributed by atoms with Gasteiger partial charge in [-0.25, -0.2) is 5.84 Å². The van der Waals surface area contributed by atoms with Crippen LogP contribution in [0.15, 0.2) is 0 Å². The highest BCUT2D eigenvalue weighted by Gasteiger charge is 2.28. The van der Waals surface area contributed by atoms with E-state index < -0.39 is 5.41 Å². The number of ether oxygens (including phenoxy) is 1. The van der Waals surface area contributed by atoms with Crippen LogP contribution in [0.5, 0.6) is 0 Å². The van der Waals surface area contributed by atoms with Crippen molar-refractivity contribution in [1.29, 1.82) is 0 Å². The van der Waals surface area contributed by atoms with Gasteiger partial charge in [0.25, 0.3) is 0 Å². The third kappa shape index (κ3) is 4.10. The molecule has 0 aliphatic heterocycles. The Balaban J connectivity index is 2.34. The van der Waals surface area contributed by atoms with Gasteiger partial charge in [0.05, 0.1) is 18.1 Å². The van der Waals surface area contributed by atoms with E-state index in [0.29, 0.717) is 12.7 Å². The number of hydrazine groups is 1. The van der Waals surface area contributed by atoms with Crippen molar-refractivity contribution in [2.45, 2.75) is 58.5 Å². The molecule has 1 rings (SSSR count). The van der Waals surface area contributed by atoms with E-state index in [1.54, 1.807) is 0 Å². The van der Waals surface area contributed by atoms with Crippen LogP contribution in [0.1, 0.15) is 52.4 Å². The summed E-state index contributed by atoms with van der Waals surface area (Å²) in [5.41, 5.74) is 1.65. The predicted octanol–water partition coefficient (Wildman–Crippen LogP) is 1.74. The Morgan fingerprint density at radius 3 is 2.38 bits per heavy atom. The maximum absolute atomic E-state index is 11.5. The number of nitrogens with one attached hydrogen (secondary N) is 1. The van der Waals surface area contributed by atoms with Crippen LogP contribution in [0, 0.1) is 5.41 Å². The molecule has 0 atom stereocenters. The maximum Gasteiger partial charge on any atom is 0.241 e. The number of amides is 1. The summed E-state index contributed by atoms with van der Waals surface area (Å²) < 4.78 is 5.83. The van der Waals surface area contributed by atoms with E-state index in [0.717, 1.165) is 12.8 Å². The minimum Gasteiger partial charge on any atom is -0.377 e. The first-order chi connectivity index (χ1) is 7.56. The Hall–Kier alpha value is -0.610. The molecule has 1 aliphatic carbocycles. The van der Waals surface area contributed by atoms with Gasteiger partial charge in [-0.05, 0) is 26.7 Å². The van der Waals surface area contributed by atoms with Gasteiger partial charge in [-0.3, -0.25) is 10.2 Å². The Kier molecular flexibility index (Phi) is 5.22. The van der Waals surface area contributed by atoms with Crippen molar-refractivity contribution in [3.8, 4) is 0 Å². The highest BCUT2D eigenvalue weighted by molar-refractivity contribution is 5.81. The predicted molar refractivity (Wildman–Crippen MR) is 63.6 cm³/mol. The fraction of sp³-hybridized carbons (Fsp3) is 0.917. The van der Waals surface area contributed by atoms with E-state index in [2.05, 4.69) is 5.43 Å². The monoisotopic (exact) mass is 228 g/mol. The van der Waals surface area contributed by atoms with Crippen LogP contribution in [0.2, 0.25) is 0 Å².